The van der Waals surface area contributed by atoms with Crippen molar-refractivity contribution in [1.29, 1.82) is 0 Å². The van der Waals surface area contributed by atoms with Crippen molar-refractivity contribution in [3.8, 4) is 11.3 Å². The average molecular weight is 319 g/mol. The molecule has 3 rings (SSSR count). The fraction of sp³-hybridized carbons (Fsp3) is 0.238. The molecule has 0 amide bonds. The molecule has 0 aliphatic rings. The number of fused-ring (bicyclic) bond motifs is 1. The van der Waals surface area contributed by atoms with Crippen LogP contribution in [0.25, 0.3) is 22.2 Å². The summed E-state index contributed by atoms with van der Waals surface area (Å²) >= 11 is 0. The highest BCUT2D eigenvalue weighted by molar-refractivity contribution is 6.04. The summed E-state index contributed by atoms with van der Waals surface area (Å²) in [4.78, 5) is 16.9. The summed E-state index contributed by atoms with van der Waals surface area (Å²) in [7, 11) is 1.40. The zero-order valence-electron chi connectivity index (χ0n) is 14.2. The molecule has 3 heteroatoms. The zero-order valence-corrected chi connectivity index (χ0v) is 14.2. The molecule has 3 nitrogen and oxygen atoms in total. The van der Waals surface area contributed by atoms with E-state index in [2.05, 4.69) is 38.1 Å². The van der Waals surface area contributed by atoms with Crippen molar-refractivity contribution in [2.45, 2.75) is 26.2 Å². The van der Waals surface area contributed by atoms with Gasteiger partial charge in [-0.2, -0.15) is 0 Å². The Kier molecular flexibility index (Phi) is 4.61. The maximum Gasteiger partial charge on any atom is 0.338 e. The molecule has 2 aromatic carbocycles. The van der Waals surface area contributed by atoms with E-state index in [4.69, 9.17) is 9.72 Å². The van der Waals surface area contributed by atoms with Gasteiger partial charge >= 0.3 is 5.97 Å². The monoisotopic (exact) mass is 319 g/mol. The Morgan fingerprint density at radius 1 is 1.12 bits per heavy atom. The third-order valence-corrected chi connectivity index (χ3v) is 4.51. The molecule has 0 N–H and O–H groups in total. The van der Waals surface area contributed by atoms with Gasteiger partial charge in [-0.25, -0.2) is 9.78 Å². The lowest BCUT2D eigenvalue weighted by Crippen LogP contribution is -2.03. The van der Waals surface area contributed by atoms with E-state index in [1.165, 1.54) is 12.7 Å². The number of rotatable bonds is 4. The van der Waals surface area contributed by atoms with Gasteiger partial charge in [-0.15, -0.1) is 0 Å². The van der Waals surface area contributed by atoms with Gasteiger partial charge in [0.1, 0.15) is 0 Å². The van der Waals surface area contributed by atoms with Gasteiger partial charge in [0.25, 0.3) is 0 Å². The average Bonchev–Trinajstić information content (AvgIpc) is 2.66. The number of aromatic nitrogens is 1. The minimum absolute atomic E-state index is 0.342. The van der Waals surface area contributed by atoms with Gasteiger partial charge in [-0.05, 0) is 30.0 Å². The smallest absolute Gasteiger partial charge is 0.338 e. The summed E-state index contributed by atoms with van der Waals surface area (Å²) in [5, 5.41) is 0.810. The van der Waals surface area contributed by atoms with Gasteiger partial charge < -0.3 is 4.74 Å². The lowest BCUT2D eigenvalue weighted by molar-refractivity contribution is 0.0603. The Bertz CT molecular complexity index is 869. The van der Waals surface area contributed by atoms with E-state index in [0.717, 1.165) is 28.6 Å². The predicted molar refractivity (Wildman–Crippen MR) is 97.2 cm³/mol. The fourth-order valence-electron chi connectivity index (χ4n) is 2.82. The number of nitrogens with zero attached hydrogens (tertiary/aromatic N) is 1. The van der Waals surface area contributed by atoms with E-state index in [9.17, 15) is 4.79 Å². The van der Waals surface area contributed by atoms with E-state index in [1.807, 2.05) is 30.3 Å². The quantitative estimate of drug-likeness (QED) is 0.620. The van der Waals surface area contributed by atoms with Crippen LogP contribution < -0.4 is 0 Å². The van der Waals surface area contributed by atoms with E-state index >= 15 is 0 Å². The molecule has 0 aliphatic carbocycles. The van der Waals surface area contributed by atoms with Gasteiger partial charge in [0.15, 0.2) is 0 Å². The van der Waals surface area contributed by atoms with E-state index in [0.29, 0.717) is 11.5 Å². The number of hydrogen-bond donors (Lipinski definition) is 0. The zero-order chi connectivity index (χ0) is 17.1. The van der Waals surface area contributed by atoms with Crippen LogP contribution in [0, 0.1) is 0 Å². The number of benzene rings is 2. The van der Waals surface area contributed by atoms with Gasteiger partial charge in [-0.3, -0.25) is 0 Å². The molecule has 1 unspecified atom stereocenters. The summed E-state index contributed by atoms with van der Waals surface area (Å²) in [6.45, 7) is 4.41. The second kappa shape index (κ2) is 6.83. The Hall–Kier alpha value is -2.68. The summed E-state index contributed by atoms with van der Waals surface area (Å²) in [6.07, 6.45) is 1.11. The van der Waals surface area contributed by atoms with Crippen molar-refractivity contribution < 1.29 is 9.53 Å². The van der Waals surface area contributed by atoms with Crippen LogP contribution in [0.5, 0.6) is 0 Å². The summed E-state index contributed by atoms with van der Waals surface area (Å²) in [5.41, 5.74) is 4.43. The molecule has 0 bridgehead atoms. The number of methoxy groups -OCH3 is 1. The highest BCUT2D eigenvalue weighted by atomic mass is 16.5. The van der Waals surface area contributed by atoms with Crippen LogP contribution in [-0.2, 0) is 4.74 Å². The largest absolute Gasteiger partial charge is 0.465 e. The standard InChI is InChI=1S/C21H21NO2/c1-4-14(2)15-9-11-16(12-10-15)20-13-18(21(23)24-3)17-7-5-6-8-19(17)22-20/h5-14H,4H2,1-3H3. The van der Waals surface area contributed by atoms with Crippen LogP contribution in [-0.4, -0.2) is 18.1 Å². The molecule has 122 valence electrons. The highest BCUT2D eigenvalue weighted by Gasteiger charge is 2.14. The first-order chi connectivity index (χ1) is 11.6. The molecule has 1 aromatic heterocycles. The van der Waals surface area contributed by atoms with Crippen molar-refractivity contribution in [1.82, 2.24) is 4.98 Å². The number of carbonyl (C=O) groups is 1. The number of hydrogen-bond acceptors (Lipinski definition) is 3. The van der Waals surface area contributed by atoms with Crippen LogP contribution in [0.3, 0.4) is 0 Å². The minimum atomic E-state index is -0.342. The predicted octanol–water partition coefficient (Wildman–Crippen LogP) is 5.20. The maximum absolute atomic E-state index is 12.1. The molecule has 0 radical (unpaired) electrons. The normalized spacial score (nSPS) is 12.1. The van der Waals surface area contributed by atoms with Gasteiger partial charge in [0.2, 0.25) is 0 Å². The number of ether oxygens (including phenoxy) is 1. The Labute approximate surface area is 142 Å². The van der Waals surface area contributed by atoms with Crippen molar-refractivity contribution in [2.75, 3.05) is 7.11 Å². The lowest BCUT2D eigenvalue weighted by atomic mass is 9.96. The molecular weight excluding hydrogens is 298 g/mol. The lowest BCUT2D eigenvalue weighted by Gasteiger charge is -2.11. The molecule has 0 aliphatic heterocycles. The van der Waals surface area contributed by atoms with Crippen LogP contribution in [0.1, 0.15) is 42.1 Å². The van der Waals surface area contributed by atoms with Crippen LogP contribution >= 0.6 is 0 Å². The third-order valence-electron chi connectivity index (χ3n) is 4.51. The number of pyridine rings is 1. The molecule has 1 atom stereocenters. The Morgan fingerprint density at radius 2 is 1.83 bits per heavy atom. The van der Waals surface area contributed by atoms with Crippen molar-refractivity contribution in [3.05, 3.63) is 65.7 Å². The Balaban J connectivity index is 2.11. The van der Waals surface area contributed by atoms with Crippen LogP contribution in [0.2, 0.25) is 0 Å². The SMILES string of the molecule is CCC(C)c1ccc(-c2cc(C(=O)OC)c3ccccc3n2)cc1. The molecule has 3 aromatic rings. The summed E-state index contributed by atoms with van der Waals surface area (Å²) < 4.78 is 4.93. The first-order valence-corrected chi connectivity index (χ1v) is 8.22. The second-order valence-corrected chi connectivity index (χ2v) is 6.00. The van der Waals surface area contributed by atoms with Crippen molar-refractivity contribution >= 4 is 16.9 Å². The van der Waals surface area contributed by atoms with Crippen molar-refractivity contribution in [2.24, 2.45) is 0 Å². The van der Waals surface area contributed by atoms with Crippen LogP contribution in [0.15, 0.2) is 54.6 Å². The molecule has 0 saturated heterocycles. The van der Waals surface area contributed by atoms with E-state index < -0.39 is 0 Å². The summed E-state index contributed by atoms with van der Waals surface area (Å²) in [6, 6.07) is 17.9. The third kappa shape index (κ3) is 3.02. The molecule has 0 fully saturated rings. The second-order valence-electron chi connectivity index (χ2n) is 6.00. The summed E-state index contributed by atoms with van der Waals surface area (Å²) in [5.74, 6) is 0.195. The Morgan fingerprint density at radius 3 is 2.50 bits per heavy atom. The molecule has 1 heterocycles. The number of carbonyl (C=O) groups excluding carboxylic acids is 1. The van der Waals surface area contributed by atoms with E-state index in [1.54, 1.807) is 0 Å². The number of esters is 1. The van der Waals surface area contributed by atoms with Gasteiger partial charge in [0, 0.05) is 10.9 Å². The first-order valence-electron chi connectivity index (χ1n) is 8.22. The molecule has 0 spiro atoms. The first kappa shape index (κ1) is 16.2. The molecule has 24 heavy (non-hydrogen) atoms. The van der Waals surface area contributed by atoms with Crippen LogP contribution in [0.4, 0.5) is 0 Å². The highest BCUT2D eigenvalue weighted by Crippen LogP contribution is 2.27. The fourth-order valence-corrected chi connectivity index (χ4v) is 2.82. The van der Waals surface area contributed by atoms with Crippen molar-refractivity contribution in [3.63, 3.8) is 0 Å². The molecular formula is C21H21NO2. The van der Waals surface area contributed by atoms with Gasteiger partial charge in [-0.1, -0.05) is 56.3 Å². The minimum Gasteiger partial charge on any atom is -0.465 e. The van der Waals surface area contributed by atoms with E-state index in [-0.39, 0.29) is 5.97 Å². The van der Waals surface area contributed by atoms with Gasteiger partial charge in [0.05, 0.1) is 23.9 Å². The topological polar surface area (TPSA) is 39.2 Å². The number of para-hydroxylation sites is 1. The maximum atomic E-state index is 12.1. The molecule has 0 saturated carbocycles.